The molecule has 136 valence electrons. The minimum Gasteiger partial charge on any atom is -0.490 e. The van der Waals surface area contributed by atoms with Gasteiger partial charge in [0, 0.05) is 36.7 Å². The summed E-state index contributed by atoms with van der Waals surface area (Å²) in [6.07, 6.45) is 7.59. The van der Waals surface area contributed by atoms with Crippen molar-refractivity contribution in [3.63, 3.8) is 0 Å². The van der Waals surface area contributed by atoms with Crippen LogP contribution in [0.1, 0.15) is 32.1 Å². The van der Waals surface area contributed by atoms with Crippen LogP contribution in [0.5, 0.6) is 5.75 Å². The topological polar surface area (TPSA) is 57.7 Å². The number of nitrogens with zero attached hydrogens (tertiary/aromatic N) is 1. The minimum absolute atomic E-state index is 0.0355. The highest BCUT2D eigenvalue weighted by Crippen LogP contribution is 2.34. The Morgan fingerprint density at radius 3 is 3.00 bits per heavy atom. The van der Waals surface area contributed by atoms with Crippen molar-refractivity contribution >= 4 is 10.9 Å². The summed E-state index contributed by atoms with van der Waals surface area (Å²) < 4.78 is 12.0. The SMILES string of the molecule is OC(COc1cccc2[nH]ccc12)CN1CCOC2(CCCCC2)C1. The van der Waals surface area contributed by atoms with Crippen LogP contribution in [0.4, 0.5) is 0 Å². The first-order chi connectivity index (χ1) is 12.2. The molecule has 5 heteroatoms. The van der Waals surface area contributed by atoms with Gasteiger partial charge >= 0.3 is 0 Å². The maximum atomic E-state index is 10.5. The Morgan fingerprint density at radius 2 is 2.12 bits per heavy atom. The Kier molecular flexibility index (Phi) is 4.97. The fourth-order valence-corrected chi connectivity index (χ4v) is 4.30. The molecule has 2 fully saturated rings. The second kappa shape index (κ2) is 7.36. The van der Waals surface area contributed by atoms with E-state index in [1.165, 1.54) is 19.3 Å². The van der Waals surface area contributed by atoms with Crippen LogP contribution in [0.15, 0.2) is 30.5 Å². The van der Waals surface area contributed by atoms with Crippen molar-refractivity contribution in [3.8, 4) is 5.75 Å². The van der Waals surface area contributed by atoms with Crippen LogP contribution in [-0.4, -0.2) is 59.5 Å². The van der Waals surface area contributed by atoms with Crippen molar-refractivity contribution in [1.29, 1.82) is 0 Å². The number of aromatic amines is 1. The van der Waals surface area contributed by atoms with Crippen LogP contribution in [0.2, 0.25) is 0 Å². The van der Waals surface area contributed by atoms with Gasteiger partial charge in [-0.25, -0.2) is 0 Å². The summed E-state index contributed by atoms with van der Waals surface area (Å²) in [5, 5.41) is 11.5. The standard InChI is InChI=1S/C20H28N2O3/c23-16(14-24-19-6-4-5-18-17(19)7-10-21-18)13-22-11-12-25-20(15-22)8-2-1-3-9-20/h4-7,10,16,21,23H,1-3,8-9,11-15H2. The van der Waals surface area contributed by atoms with Gasteiger partial charge in [-0.1, -0.05) is 25.3 Å². The zero-order valence-corrected chi connectivity index (χ0v) is 14.7. The quantitative estimate of drug-likeness (QED) is 0.876. The molecule has 1 aromatic heterocycles. The third-order valence-corrected chi connectivity index (χ3v) is 5.55. The van der Waals surface area contributed by atoms with Gasteiger partial charge in [-0.15, -0.1) is 0 Å². The summed E-state index contributed by atoms with van der Waals surface area (Å²) in [7, 11) is 0. The van der Waals surface area contributed by atoms with Gasteiger partial charge in [-0.05, 0) is 31.0 Å². The number of hydrogen-bond acceptors (Lipinski definition) is 4. The zero-order chi connectivity index (χ0) is 17.1. The number of hydrogen-bond donors (Lipinski definition) is 2. The number of morpholine rings is 1. The predicted molar refractivity (Wildman–Crippen MR) is 98.0 cm³/mol. The van der Waals surface area contributed by atoms with Crippen LogP contribution in [-0.2, 0) is 4.74 Å². The normalized spacial score (nSPS) is 22.3. The molecule has 0 amide bonds. The third-order valence-electron chi connectivity index (χ3n) is 5.55. The van der Waals surface area contributed by atoms with E-state index < -0.39 is 6.10 Å². The molecule has 1 atom stereocenters. The van der Waals surface area contributed by atoms with Gasteiger partial charge in [0.05, 0.1) is 12.2 Å². The number of nitrogens with one attached hydrogen (secondary N) is 1. The Balaban J connectivity index is 1.31. The molecular weight excluding hydrogens is 316 g/mol. The summed E-state index contributed by atoms with van der Waals surface area (Å²) >= 11 is 0. The van der Waals surface area contributed by atoms with Crippen LogP contribution < -0.4 is 4.74 Å². The molecule has 1 aliphatic heterocycles. The van der Waals surface area contributed by atoms with Crippen LogP contribution in [0.3, 0.4) is 0 Å². The zero-order valence-electron chi connectivity index (χ0n) is 14.7. The van der Waals surface area contributed by atoms with E-state index in [0.717, 1.165) is 49.2 Å². The Labute approximate surface area is 148 Å². The van der Waals surface area contributed by atoms with E-state index in [2.05, 4.69) is 9.88 Å². The largest absolute Gasteiger partial charge is 0.490 e. The van der Waals surface area contributed by atoms with E-state index in [1.54, 1.807) is 0 Å². The van der Waals surface area contributed by atoms with Gasteiger partial charge < -0.3 is 19.6 Å². The van der Waals surface area contributed by atoms with Crippen molar-refractivity contribution in [1.82, 2.24) is 9.88 Å². The smallest absolute Gasteiger partial charge is 0.128 e. The van der Waals surface area contributed by atoms with Gasteiger partial charge in [0.25, 0.3) is 0 Å². The minimum atomic E-state index is -0.493. The maximum Gasteiger partial charge on any atom is 0.128 e. The summed E-state index contributed by atoms with van der Waals surface area (Å²) in [6.45, 7) is 3.57. The highest BCUT2D eigenvalue weighted by atomic mass is 16.5. The number of benzene rings is 1. The Bertz CT molecular complexity index is 688. The first-order valence-electron chi connectivity index (χ1n) is 9.47. The number of ether oxygens (including phenoxy) is 2. The average molecular weight is 344 g/mol. The first-order valence-corrected chi connectivity index (χ1v) is 9.47. The van der Waals surface area contributed by atoms with E-state index in [-0.39, 0.29) is 5.60 Å². The molecule has 2 heterocycles. The number of H-pyrrole nitrogens is 1. The lowest BCUT2D eigenvalue weighted by Crippen LogP contribution is -2.54. The summed E-state index contributed by atoms with van der Waals surface area (Å²) in [5.41, 5.74) is 1.09. The van der Waals surface area contributed by atoms with E-state index in [1.807, 2.05) is 30.5 Å². The molecular formula is C20H28N2O3. The third kappa shape index (κ3) is 3.84. The fraction of sp³-hybridized carbons (Fsp3) is 0.600. The summed E-state index contributed by atoms with van der Waals surface area (Å²) in [5.74, 6) is 0.823. The maximum absolute atomic E-state index is 10.5. The Hall–Kier alpha value is -1.56. The number of rotatable bonds is 5. The lowest BCUT2D eigenvalue weighted by Gasteiger charge is -2.45. The molecule has 1 spiro atoms. The number of aliphatic hydroxyl groups is 1. The molecule has 1 aliphatic carbocycles. The van der Waals surface area contributed by atoms with Gasteiger partial charge in [-0.2, -0.15) is 0 Å². The fourth-order valence-electron chi connectivity index (χ4n) is 4.30. The van der Waals surface area contributed by atoms with Crippen molar-refractivity contribution in [3.05, 3.63) is 30.5 Å². The summed E-state index contributed by atoms with van der Waals surface area (Å²) in [6, 6.07) is 7.95. The number of fused-ring (bicyclic) bond motifs is 1. The molecule has 1 aromatic carbocycles. The van der Waals surface area contributed by atoms with Crippen LogP contribution in [0.25, 0.3) is 10.9 Å². The Morgan fingerprint density at radius 1 is 1.24 bits per heavy atom. The van der Waals surface area contributed by atoms with Gasteiger partial charge in [-0.3, -0.25) is 4.90 Å². The average Bonchev–Trinajstić information content (AvgIpc) is 3.10. The van der Waals surface area contributed by atoms with Gasteiger partial charge in [0.2, 0.25) is 0 Å². The molecule has 4 rings (SSSR count). The molecule has 5 nitrogen and oxygen atoms in total. The highest BCUT2D eigenvalue weighted by Gasteiger charge is 2.37. The summed E-state index contributed by atoms with van der Waals surface area (Å²) in [4.78, 5) is 5.53. The van der Waals surface area contributed by atoms with Gasteiger partial charge in [0.1, 0.15) is 18.5 Å². The lowest BCUT2D eigenvalue weighted by molar-refractivity contribution is -0.132. The van der Waals surface area contributed by atoms with Crippen LogP contribution in [0, 0.1) is 0 Å². The van der Waals surface area contributed by atoms with E-state index in [9.17, 15) is 5.11 Å². The molecule has 1 saturated heterocycles. The van der Waals surface area contributed by atoms with E-state index in [0.29, 0.717) is 13.2 Å². The monoisotopic (exact) mass is 344 g/mol. The second-order valence-corrected chi connectivity index (χ2v) is 7.49. The van der Waals surface area contributed by atoms with Crippen molar-refractivity contribution in [2.45, 2.75) is 43.8 Å². The molecule has 2 N–H and O–H groups in total. The highest BCUT2D eigenvalue weighted by molar-refractivity contribution is 5.85. The molecule has 2 aliphatic rings. The first kappa shape index (κ1) is 16.9. The van der Waals surface area contributed by atoms with Crippen molar-refractivity contribution < 1.29 is 14.6 Å². The van der Waals surface area contributed by atoms with Crippen molar-refractivity contribution in [2.75, 3.05) is 32.8 Å². The lowest BCUT2D eigenvalue weighted by atomic mass is 9.83. The van der Waals surface area contributed by atoms with Crippen molar-refractivity contribution in [2.24, 2.45) is 0 Å². The molecule has 1 unspecified atom stereocenters. The molecule has 25 heavy (non-hydrogen) atoms. The second-order valence-electron chi connectivity index (χ2n) is 7.49. The predicted octanol–water partition coefficient (Wildman–Crippen LogP) is 2.94. The van der Waals surface area contributed by atoms with E-state index >= 15 is 0 Å². The molecule has 1 saturated carbocycles. The molecule has 0 bridgehead atoms. The number of β-amino-alcohol motifs (C(OH)–C–C–N with tert-alkyl or cyclic N) is 1. The van der Waals surface area contributed by atoms with Gasteiger partial charge in [0.15, 0.2) is 0 Å². The number of aromatic nitrogens is 1. The molecule has 2 aromatic rings. The van der Waals surface area contributed by atoms with E-state index in [4.69, 9.17) is 9.47 Å². The molecule has 0 radical (unpaired) electrons. The number of aliphatic hydroxyl groups excluding tert-OH is 1. The van der Waals surface area contributed by atoms with Crippen LogP contribution >= 0.6 is 0 Å².